The molecule has 0 saturated carbocycles. The molecule has 0 aliphatic carbocycles. The first-order chi connectivity index (χ1) is 37.4. The van der Waals surface area contributed by atoms with Crippen molar-refractivity contribution in [1.29, 1.82) is 0 Å². The lowest BCUT2D eigenvalue weighted by atomic mass is 10.0. The zero-order valence-electron chi connectivity index (χ0n) is 52.2. The molecule has 0 fully saturated rings. The maximum atomic E-state index is 13.6. The number of nitrogens with one attached hydrogen (secondary N) is 1. The minimum atomic E-state index is -4.44. The van der Waals surface area contributed by atoms with Gasteiger partial charge in [-0.15, -0.1) is 0 Å². The first-order valence-corrected chi connectivity index (χ1v) is 35.2. The van der Waals surface area contributed by atoms with Gasteiger partial charge in [0, 0.05) is 12.8 Å². The molecule has 456 valence electrons. The van der Waals surface area contributed by atoms with E-state index >= 15 is 0 Å². The highest BCUT2D eigenvalue weighted by Crippen LogP contribution is 2.43. The summed E-state index contributed by atoms with van der Waals surface area (Å²) in [6.45, 7) is 7.06. The predicted octanol–water partition coefficient (Wildman–Crippen LogP) is 20.9. The highest BCUT2D eigenvalue weighted by Gasteiger charge is 2.30. The molecule has 0 heterocycles. The quantitative estimate of drug-likeness (QED) is 0.0205. The van der Waals surface area contributed by atoms with Crippen molar-refractivity contribution < 1.29 is 37.3 Å². The van der Waals surface area contributed by atoms with Crippen molar-refractivity contribution in [2.75, 3.05) is 40.9 Å². The average Bonchev–Trinajstić information content (AvgIpc) is 3.39. The molecule has 1 amide bonds. The Balaban J connectivity index is 5.08. The fourth-order valence-electron chi connectivity index (χ4n) is 10.2. The molecule has 3 atom stereocenters. The topological polar surface area (TPSA) is 111 Å². The lowest BCUT2D eigenvalue weighted by molar-refractivity contribution is -0.870. The first-order valence-electron chi connectivity index (χ1n) is 33.7. The number of nitrogens with zero attached hydrogens (tertiary/aromatic N) is 1. The second-order valence-electron chi connectivity index (χ2n) is 24.4. The van der Waals surface area contributed by atoms with Gasteiger partial charge in [0.05, 0.1) is 33.8 Å². The fourth-order valence-corrected chi connectivity index (χ4v) is 10.9. The molecule has 77 heavy (non-hydrogen) atoms. The van der Waals surface area contributed by atoms with Crippen LogP contribution < -0.4 is 5.32 Å². The van der Waals surface area contributed by atoms with E-state index in [2.05, 4.69) is 38.2 Å². The van der Waals surface area contributed by atoms with Gasteiger partial charge in [-0.2, -0.15) is 0 Å². The van der Waals surface area contributed by atoms with Gasteiger partial charge in [0.15, 0.2) is 0 Å². The summed E-state index contributed by atoms with van der Waals surface area (Å²) >= 11 is 0. The summed E-state index contributed by atoms with van der Waals surface area (Å²) in [4.78, 5) is 37.8. The summed E-state index contributed by atoms with van der Waals surface area (Å²) in [5, 5.41) is 3.07. The van der Waals surface area contributed by atoms with Crippen LogP contribution in [0.3, 0.4) is 0 Å². The number of quaternary nitrogens is 1. The van der Waals surface area contributed by atoms with Gasteiger partial charge in [0.1, 0.15) is 19.3 Å². The van der Waals surface area contributed by atoms with Crippen molar-refractivity contribution in [1.82, 2.24) is 5.32 Å². The highest BCUT2D eigenvalue weighted by atomic mass is 31.2. The van der Waals surface area contributed by atoms with Gasteiger partial charge in [-0.1, -0.05) is 296 Å². The molecule has 0 aromatic heterocycles. The Morgan fingerprint density at radius 1 is 0.442 bits per heavy atom. The molecule has 0 aliphatic rings. The number of phosphoric acid groups is 1. The van der Waals surface area contributed by atoms with Crippen LogP contribution in [-0.4, -0.2) is 74.3 Å². The molecule has 0 aromatic rings. The van der Waals surface area contributed by atoms with Crippen LogP contribution >= 0.6 is 7.82 Å². The number of unbranched alkanes of at least 4 members (excludes halogenated alkanes) is 44. The lowest BCUT2D eigenvalue weighted by Gasteiger charge is -2.27. The van der Waals surface area contributed by atoms with E-state index in [1.54, 1.807) is 0 Å². The minimum Gasteiger partial charge on any atom is -0.456 e. The molecule has 3 unspecified atom stereocenters. The molecule has 9 nitrogen and oxygen atoms in total. The third kappa shape index (κ3) is 58.9. The Hall–Kier alpha value is -1.51. The van der Waals surface area contributed by atoms with E-state index < -0.39 is 20.0 Å². The van der Waals surface area contributed by atoms with Gasteiger partial charge in [0.25, 0.3) is 0 Å². The van der Waals surface area contributed by atoms with Gasteiger partial charge in [-0.05, 0) is 57.4 Å². The van der Waals surface area contributed by atoms with Crippen molar-refractivity contribution in [3.8, 4) is 0 Å². The summed E-state index contributed by atoms with van der Waals surface area (Å²) < 4.78 is 30.8. The largest absolute Gasteiger partial charge is 0.472 e. The van der Waals surface area contributed by atoms with Crippen molar-refractivity contribution in [3.05, 3.63) is 24.3 Å². The van der Waals surface area contributed by atoms with Gasteiger partial charge in [-0.3, -0.25) is 18.6 Å². The third-order valence-electron chi connectivity index (χ3n) is 15.4. The average molecular weight is 1110 g/mol. The molecule has 0 aromatic carbocycles. The number of likely N-dealkylation sites (N-methyl/N-ethyl adjacent to an activating group) is 1. The van der Waals surface area contributed by atoms with Crippen molar-refractivity contribution in [2.45, 2.75) is 354 Å². The molecule has 0 aliphatic heterocycles. The van der Waals surface area contributed by atoms with Crippen molar-refractivity contribution in [3.63, 3.8) is 0 Å². The monoisotopic (exact) mass is 1110 g/mol. The first kappa shape index (κ1) is 75.5. The Bertz CT molecular complexity index is 1370. The van der Waals surface area contributed by atoms with E-state index in [0.29, 0.717) is 23.9 Å². The van der Waals surface area contributed by atoms with Gasteiger partial charge in [0.2, 0.25) is 5.91 Å². The van der Waals surface area contributed by atoms with Crippen LogP contribution in [0.2, 0.25) is 0 Å². The smallest absolute Gasteiger partial charge is 0.456 e. The van der Waals surface area contributed by atoms with Gasteiger partial charge >= 0.3 is 13.8 Å². The van der Waals surface area contributed by atoms with Crippen LogP contribution in [-0.2, 0) is 27.9 Å². The van der Waals surface area contributed by atoms with Crippen LogP contribution in [0.1, 0.15) is 342 Å². The second-order valence-corrected chi connectivity index (χ2v) is 25.8. The molecule has 0 spiro atoms. The van der Waals surface area contributed by atoms with Crippen molar-refractivity contribution >= 4 is 19.7 Å². The van der Waals surface area contributed by atoms with Gasteiger partial charge < -0.3 is 19.4 Å². The molecule has 0 radical (unpaired) electrons. The molecule has 0 rings (SSSR count). The van der Waals surface area contributed by atoms with E-state index in [1.165, 1.54) is 250 Å². The van der Waals surface area contributed by atoms with E-state index in [9.17, 15) is 19.0 Å². The Morgan fingerprint density at radius 2 is 0.753 bits per heavy atom. The predicted molar refractivity (Wildman–Crippen MR) is 333 cm³/mol. The van der Waals surface area contributed by atoms with Gasteiger partial charge in [-0.25, -0.2) is 4.57 Å². The van der Waals surface area contributed by atoms with E-state index in [-0.39, 0.29) is 25.1 Å². The summed E-state index contributed by atoms with van der Waals surface area (Å²) in [5.74, 6) is -0.486. The molecule has 0 saturated heterocycles. The molecule has 2 N–H and O–H groups in total. The van der Waals surface area contributed by atoms with E-state index in [4.69, 9.17) is 13.8 Å². The number of carbonyl (C=O) groups is 2. The molecule has 10 heteroatoms. The SMILES string of the molecule is CCCCCCCC/C=C/CCCCCCCCCCCCCC(=O)NC(COP(=O)(O)OCC[N+](C)(C)C)C(/C=C/CCCCCCCCCCC)OC(=O)CCCCCCCCCCCCCCCCCCCCC. The number of ether oxygens (including phenoxy) is 1. The third-order valence-corrected chi connectivity index (χ3v) is 16.4. The normalized spacial score (nSPS) is 13.7. The van der Waals surface area contributed by atoms with Crippen LogP contribution in [0.5, 0.6) is 0 Å². The zero-order valence-corrected chi connectivity index (χ0v) is 53.1. The van der Waals surface area contributed by atoms with Crippen LogP contribution in [0.4, 0.5) is 0 Å². The second kappa shape index (κ2) is 57.7. The number of hydrogen-bond donors (Lipinski definition) is 2. The number of rotatable bonds is 62. The lowest BCUT2D eigenvalue weighted by Crippen LogP contribution is -2.47. The molecular weight excluding hydrogens is 976 g/mol. The molecular formula is C67H132N2O7P+. The Morgan fingerprint density at radius 3 is 1.10 bits per heavy atom. The molecule has 0 bridgehead atoms. The number of allylic oxidation sites excluding steroid dienone is 3. The maximum absolute atomic E-state index is 13.6. The zero-order chi connectivity index (χ0) is 56.4. The standard InChI is InChI=1S/C67H131N2O7P/c1-7-10-13-16-19-22-25-27-29-31-33-34-36-37-39-41-44-47-50-53-56-59-66(70)68-64(63-75-77(72,73)74-62-61-69(4,5)6)65(58-55-52-49-46-43-24-21-18-15-12-9-3)76-67(71)60-57-54-51-48-45-42-40-38-35-32-30-28-26-23-20-17-14-11-8-2/h27,29,55,58,64-65H,7-26,28,30-54,56-57,59-63H2,1-6H3,(H-,68,70,72,73)/p+1/b29-27+,58-55+. The summed E-state index contributed by atoms with van der Waals surface area (Å²) in [7, 11) is 1.51. The summed E-state index contributed by atoms with van der Waals surface area (Å²) in [6.07, 6.45) is 68.9. The maximum Gasteiger partial charge on any atom is 0.472 e. The minimum absolute atomic E-state index is 0.0439. The fraction of sp³-hybridized carbons (Fsp3) is 0.910. The Kier molecular flexibility index (Phi) is 56.6. The van der Waals surface area contributed by atoms with Crippen molar-refractivity contribution in [2.24, 2.45) is 0 Å². The number of amides is 1. The Labute approximate surface area is 479 Å². The van der Waals surface area contributed by atoms with E-state index in [1.807, 2.05) is 33.3 Å². The van der Waals surface area contributed by atoms with Crippen LogP contribution in [0, 0.1) is 0 Å². The number of hydrogen-bond acceptors (Lipinski definition) is 6. The number of phosphoric ester groups is 1. The summed E-state index contributed by atoms with van der Waals surface area (Å²) in [6, 6.07) is -0.843. The summed E-state index contributed by atoms with van der Waals surface area (Å²) in [5.41, 5.74) is 0. The van der Waals surface area contributed by atoms with Crippen LogP contribution in [0.25, 0.3) is 0 Å². The van der Waals surface area contributed by atoms with E-state index in [0.717, 1.165) is 57.8 Å². The van der Waals surface area contributed by atoms with Crippen LogP contribution in [0.15, 0.2) is 24.3 Å². The number of carbonyl (C=O) groups excluding carboxylic acids is 2. The highest BCUT2D eigenvalue weighted by molar-refractivity contribution is 7.47. The number of esters is 1.